The van der Waals surface area contributed by atoms with Crippen molar-refractivity contribution in [3.05, 3.63) is 12.7 Å². The number of nitrogen functional groups attached to an aromatic ring is 1. The van der Waals surface area contributed by atoms with Crippen LogP contribution in [0.4, 0.5) is 5.82 Å². The lowest BCUT2D eigenvalue weighted by molar-refractivity contribution is -0.169. The van der Waals surface area contributed by atoms with E-state index < -0.39 is 30.6 Å². The molecule has 4 N–H and O–H groups in total. The van der Waals surface area contributed by atoms with Crippen molar-refractivity contribution >= 4 is 23.0 Å². The van der Waals surface area contributed by atoms with Gasteiger partial charge in [0.05, 0.1) is 6.33 Å². The van der Waals surface area contributed by atoms with Gasteiger partial charge < -0.3 is 25.4 Å². The van der Waals surface area contributed by atoms with Gasteiger partial charge in [0.15, 0.2) is 17.7 Å². The van der Waals surface area contributed by atoms with E-state index in [0.29, 0.717) is 17.6 Å². The van der Waals surface area contributed by atoms with Crippen LogP contribution in [0.25, 0.3) is 11.2 Å². The summed E-state index contributed by atoms with van der Waals surface area (Å²) in [6.07, 6.45) is 2.06. The Morgan fingerprint density at radius 3 is 2.70 bits per heavy atom. The summed E-state index contributed by atoms with van der Waals surface area (Å²) in [4.78, 5) is 24.7. The van der Waals surface area contributed by atoms with Gasteiger partial charge in [-0.05, 0) is 24.7 Å². The quantitative estimate of drug-likeness (QED) is 0.587. The lowest BCUT2D eigenvalue weighted by atomic mass is 9.92. The Labute approximate surface area is 174 Å². The van der Waals surface area contributed by atoms with Crippen molar-refractivity contribution in [3.8, 4) is 0 Å². The highest BCUT2D eigenvalue weighted by Crippen LogP contribution is 2.39. The van der Waals surface area contributed by atoms with E-state index in [1.165, 1.54) is 17.2 Å². The molecule has 1 saturated heterocycles. The van der Waals surface area contributed by atoms with E-state index in [1.54, 1.807) is 0 Å². The van der Waals surface area contributed by atoms with Gasteiger partial charge in [0.1, 0.15) is 36.3 Å². The number of hydrogen-bond acceptors (Lipinski definition) is 9. The maximum absolute atomic E-state index is 12.4. The van der Waals surface area contributed by atoms with Gasteiger partial charge in [-0.3, -0.25) is 9.36 Å². The number of aliphatic hydroxyl groups excluding tert-OH is 2. The summed E-state index contributed by atoms with van der Waals surface area (Å²) < 4.78 is 13.4. The van der Waals surface area contributed by atoms with Gasteiger partial charge in [-0.1, -0.05) is 26.7 Å². The van der Waals surface area contributed by atoms with Gasteiger partial charge in [-0.15, -0.1) is 0 Å². The van der Waals surface area contributed by atoms with Crippen LogP contribution in [0.3, 0.4) is 0 Å². The Bertz CT molecular complexity index is 897. The minimum atomic E-state index is -1.24. The Morgan fingerprint density at radius 2 is 2.00 bits per heavy atom. The van der Waals surface area contributed by atoms with Crippen LogP contribution in [0.2, 0.25) is 0 Å². The molecule has 1 saturated carbocycles. The van der Waals surface area contributed by atoms with Crippen LogP contribution in [0.1, 0.15) is 52.2 Å². The molecule has 1 unspecified atom stereocenters. The lowest BCUT2D eigenvalue weighted by Gasteiger charge is -2.30. The lowest BCUT2D eigenvalue weighted by Crippen LogP contribution is -2.44. The molecule has 2 fully saturated rings. The molecule has 0 radical (unpaired) electrons. The molecule has 0 bridgehead atoms. The van der Waals surface area contributed by atoms with Crippen molar-refractivity contribution in [1.29, 1.82) is 0 Å². The van der Waals surface area contributed by atoms with Gasteiger partial charge >= 0.3 is 5.97 Å². The predicted molar refractivity (Wildman–Crippen MR) is 107 cm³/mol. The van der Waals surface area contributed by atoms with Crippen LogP contribution in [0.5, 0.6) is 0 Å². The second-order valence-corrected chi connectivity index (χ2v) is 8.65. The van der Waals surface area contributed by atoms with E-state index in [0.717, 1.165) is 25.7 Å². The number of ether oxygens (including phenoxy) is 2. The minimum Gasteiger partial charge on any atom is -0.459 e. The summed E-state index contributed by atoms with van der Waals surface area (Å²) in [5, 5.41) is 21.6. The second kappa shape index (κ2) is 8.44. The topological polar surface area (TPSA) is 146 Å². The zero-order valence-electron chi connectivity index (χ0n) is 17.2. The summed E-state index contributed by atoms with van der Waals surface area (Å²) in [7, 11) is 0. The predicted octanol–water partition coefficient (Wildman–Crippen LogP) is 1.18. The Kier molecular flexibility index (Phi) is 5.90. The van der Waals surface area contributed by atoms with Crippen molar-refractivity contribution in [2.45, 2.75) is 76.6 Å². The zero-order valence-corrected chi connectivity index (χ0v) is 17.2. The monoisotopic (exact) mass is 419 g/mol. The number of aliphatic hydroxyl groups is 2. The van der Waals surface area contributed by atoms with Gasteiger partial charge in [-0.25, -0.2) is 15.0 Å². The summed E-state index contributed by atoms with van der Waals surface area (Å²) >= 11 is 0. The number of aromatic nitrogens is 4. The van der Waals surface area contributed by atoms with Crippen LogP contribution in [-0.2, 0) is 14.3 Å². The summed E-state index contributed by atoms with van der Waals surface area (Å²) in [6.45, 7) is 3.90. The third-order valence-electron chi connectivity index (χ3n) is 5.97. The molecular weight excluding hydrogens is 390 g/mol. The van der Waals surface area contributed by atoms with Crippen LogP contribution in [0, 0.1) is 11.8 Å². The Balaban J connectivity index is 1.60. The van der Waals surface area contributed by atoms with Crippen LogP contribution >= 0.6 is 0 Å². The molecule has 3 heterocycles. The second-order valence-electron chi connectivity index (χ2n) is 8.65. The van der Waals surface area contributed by atoms with Gasteiger partial charge in [0.25, 0.3) is 0 Å². The number of imidazole rings is 1. The van der Waals surface area contributed by atoms with Gasteiger partial charge in [0.2, 0.25) is 0 Å². The number of rotatable bonds is 6. The first-order chi connectivity index (χ1) is 14.4. The maximum atomic E-state index is 12.4. The zero-order chi connectivity index (χ0) is 21.4. The van der Waals surface area contributed by atoms with Crippen LogP contribution in [-0.4, -0.2) is 60.1 Å². The molecule has 2 aromatic heterocycles. The molecule has 164 valence electrons. The number of nitrogens with zero attached hydrogens (tertiary/aromatic N) is 4. The van der Waals surface area contributed by atoms with E-state index in [9.17, 15) is 15.0 Å². The molecule has 4 rings (SSSR count). The number of carbonyl (C=O) groups excluding carboxylic acids is 1. The molecule has 2 aromatic rings. The number of carbonyl (C=O) groups is 1. The molecule has 1 aliphatic heterocycles. The first kappa shape index (κ1) is 21.0. The van der Waals surface area contributed by atoms with E-state index in [1.807, 2.05) is 13.8 Å². The molecule has 1 aliphatic carbocycles. The SMILES string of the molecule is CC(C)CC(=O)OC(C1CCCC1)[C@H]1O[C@@H](n2cnc3c(N)ncnc32)[C@H](O)[C@@H]1O. The largest absolute Gasteiger partial charge is 0.459 e. The Hall–Kier alpha value is -2.30. The molecule has 2 aliphatic rings. The fraction of sp³-hybridized carbons (Fsp3) is 0.700. The number of fused-ring (bicyclic) bond motifs is 1. The van der Waals surface area contributed by atoms with E-state index in [4.69, 9.17) is 15.2 Å². The Morgan fingerprint density at radius 1 is 1.27 bits per heavy atom. The summed E-state index contributed by atoms with van der Waals surface area (Å²) in [6, 6.07) is 0. The summed E-state index contributed by atoms with van der Waals surface area (Å²) in [5.74, 6) is 0.153. The number of anilines is 1. The van der Waals surface area contributed by atoms with Crippen molar-refractivity contribution in [3.63, 3.8) is 0 Å². The third-order valence-corrected chi connectivity index (χ3v) is 5.97. The maximum Gasteiger partial charge on any atom is 0.306 e. The first-order valence-corrected chi connectivity index (χ1v) is 10.5. The van der Waals surface area contributed by atoms with Crippen LogP contribution < -0.4 is 5.73 Å². The molecule has 30 heavy (non-hydrogen) atoms. The van der Waals surface area contributed by atoms with Gasteiger partial charge in [0, 0.05) is 6.42 Å². The fourth-order valence-corrected chi connectivity index (χ4v) is 4.49. The standard InChI is InChI=1S/C20H29N5O5/c1-10(2)7-12(26)29-16(11-5-3-4-6-11)17-14(27)15(28)20(30-17)25-9-24-13-18(21)22-8-23-19(13)25/h8-11,14-17,20,27-28H,3-7H2,1-2H3,(H2,21,22,23)/t14-,15+,16?,17-,20+/m0/s1. The smallest absolute Gasteiger partial charge is 0.306 e. The molecular formula is C20H29N5O5. The average Bonchev–Trinajstić information content (AvgIpc) is 3.41. The fourth-order valence-electron chi connectivity index (χ4n) is 4.49. The highest BCUT2D eigenvalue weighted by Gasteiger charge is 2.51. The normalized spacial score (nSPS) is 28.4. The molecule has 10 heteroatoms. The van der Waals surface area contributed by atoms with E-state index in [-0.39, 0.29) is 23.6 Å². The number of hydrogen-bond donors (Lipinski definition) is 3. The van der Waals surface area contributed by atoms with Crippen molar-refractivity contribution in [2.24, 2.45) is 11.8 Å². The summed E-state index contributed by atoms with van der Waals surface area (Å²) in [5.41, 5.74) is 6.63. The number of nitrogens with two attached hydrogens (primary N) is 1. The average molecular weight is 419 g/mol. The third kappa shape index (κ3) is 3.86. The van der Waals surface area contributed by atoms with Crippen LogP contribution in [0.15, 0.2) is 12.7 Å². The molecule has 10 nitrogen and oxygen atoms in total. The van der Waals surface area contributed by atoms with E-state index in [2.05, 4.69) is 15.0 Å². The molecule has 0 spiro atoms. The first-order valence-electron chi connectivity index (χ1n) is 10.5. The number of esters is 1. The van der Waals surface area contributed by atoms with E-state index >= 15 is 0 Å². The van der Waals surface area contributed by atoms with Gasteiger partial charge in [-0.2, -0.15) is 0 Å². The highest BCUT2D eigenvalue weighted by atomic mass is 16.6. The van der Waals surface area contributed by atoms with Crippen molar-refractivity contribution < 1.29 is 24.5 Å². The minimum absolute atomic E-state index is 0.0872. The molecule has 0 amide bonds. The molecule has 5 atom stereocenters. The van der Waals surface area contributed by atoms with Crippen molar-refractivity contribution in [1.82, 2.24) is 19.5 Å². The highest BCUT2D eigenvalue weighted by molar-refractivity contribution is 5.81. The molecule has 0 aromatic carbocycles. The van der Waals surface area contributed by atoms with Crippen molar-refractivity contribution in [2.75, 3.05) is 5.73 Å².